The van der Waals surface area contributed by atoms with Crippen LogP contribution in [0.2, 0.25) is 0 Å². The smallest absolute Gasteiger partial charge is 0.306 e. The molecule has 0 radical (unpaired) electrons. The highest BCUT2D eigenvalue weighted by Gasteiger charge is 2.11. The lowest BCUT2D eigenvalue weighted by atomic mass is 10.0. The molecular weight excluding hydrogens is 372 g/mol. The summed E-state index contributed by atoms with van der Waals surface area (Å²) in [5, 5.41) is 17.5. The maximum atomic E-state index is 11.6. The Kier molecular flexibility index (Phi) is 6.16. The Morgan fingerprint density at radius 1 is 1.04 bits per heavy atom. The minimum Gasteiger partial charge on any atom is -0.463 e. The lowest BCUT2D eigenvalue weighted by Crippen LogP contribution is -2.11. The zero-order valence-corrected chi connectivity index (χ0v) is 16.6. The Morgan fingerprint density at radius 2 is 1.61 bits per heavy atom. The Labute approximate surface area is 167 Å². The van der Waals surface area contributed by atoms with E-state index in [9.17, 15) is 4.79 Å². The van der Waals surface area contributed by atoms with E-state index in [1.165, 1.54) is 11.3 Å². The number of carbonyl (C=O) groups is 1. The van der Waals surface area contributed by atoms with E-state index >= 15 is 0 Å². The van der Waals surface area contributed by atoms with Crippen LogP contribution in [0.1, 0.15) is 30.8 Å². The fourth-order valence-electron chi connectivity index (χ4n) is 2.65. The summed E-state index contributed by atoms with van der Waals surface area (Å²) >= 11 is 1.49. The van der Waals surface area contributed by atoms with E-state index in [2.05, 4.69) is 10.2 Å². The highest BCUT2D eigenvalue weighted by Crippen LogP contribution is 2.27. The number of amidine groups is 1. The average Bonchev–Trinajstić information content (AvgIpc) is 3.15. The number of aromatic nitrogens is 2. The summed E-state index contributed by atoms with van der Waals surface area (Å²) in [6, 6.07) is 15.6. The second-order valence-electron chi connectivity index (χ2n) is 6.61. The minimum absolute atomic E-state index is 0.0615. The van der Waals surface area contributed by atoms with Gasteiger partial charge in [0.1, 0.15) is 15.9 Å². The van der Waals surface area contributed by atoms with Gasteiger partial charge in [-0.15, -0.1) is 10.2 Å². The van der Waals surface area contributed by atoms with Crippen LogP contribution in [0.4, 0.5) is 0 Å². The standard InChI is InChI=1S/C21H22N4O2S/c1-13(2)27-19(26)12-11-18-24-25-21(28-18)17-9-5-15(6-10-17)14-3-7-16(8-4-14)20(22)23/h3-10,13H,11-12H2,1-2H3,(H3,22,23). The third-order valence-electron chi connectivity index (χ3n) is 4.04. The number of esters is 1. The molecule has 3 N–H and O–H groups in total. The maximum absolute atomic E-state index is 11.6. The molecule has 1 aromatic heterocycles. The summed E-state index contributed by atoms with van der Waals surface area (Å²) in [6.45, 7) is 3.67. The Morgan fingerprint density at radius 3 is 2.18 bits per heavy atom. The van der Waals surface area contributed by atoms with E-state index in [0.717, 1.165) is 26.7 Å². The molecule has 0 saturated carbocycles. The topological polar surface area (TPSA) is 102 Å². The van der Waals surface area contributed by atoms with Gasteiger partial charge in [0.05, 0.1) is 12.5 Å². The summed E-state index contributed by atoms with van der Waals surface area (Å²) in [5.74, 6) is -0.154. The maximum Gasteiger partial charge on any atom is 0.306 e. The van der Waals surface area contributed by atoms with Gasteiger partial charge < -0.3 is 10.5 Å². The lowest BCUT2D eigenvalue weighted by Gasteiger charge is -2.06. The molecular formula is C21H22N4O2S. The molecule has 0 amide bonds. The number of benzene rings is 2. The lowest BCUT2D eigenvalue weighted by molar-refractivity contribution is -0.147. The molecule has 0 atom stereocenters. The SMILES string of the molecule is CC(C)OC(=O)CCc1nnc(-c2ccc(-c3ccc(C(=N)N)cc3)cc2)s1. The monoisotopic (exact) mass is 394 g/mol. The Hall–Kier alpha value is -3.06. The number of aryl methyl sites for hydroxylation is 1. The molecule has 28 heavy (non-hydrogen) atoms. The van der Waals surface area contributed by atoms with Gasteiger partial charge in [-0.3, -0.25) is 10.2 Å². The van der Waals surface area contributed by atoms with Crippen molar-refractivity contribution in [3.8, 4) is 21.7 Å². The molecule has 2 aromatic carbocycles. The number of nitrogens with two attached hydrogens (primary N) is 1. The summed E-state index contributed by atoms with van der Waals surface area (Å²) in [7, 11) is 0. The van der Waals surface area contributed by atoms with Crippen LogP contribution in [-0.2, 0) is 16.0 Å². The minimum atomic E-state index is -0.216. The van der Waals surface area contributed by atoms with Gasteiger partial charge in [0.25, 0.3) is 0 Å². The van der Waals surface area contributed by atoms with Crippen molar-refractivity contribution in [2.24, 2.45) is 5.73 Å². The molecule has 3 aromatic rings. The molecule has 144 valence electrons. The van der Waals surface area contributed by atoms with Crippen molar-refractivity contribution in [1.29, 1.82) is 5.41 Å². The van der Waals surface area contributed by atoms with Crippen LogP contribution < -0.4 is 5.73 Å². The first kappa shape index (κ1) is 19.7. The van der Waals surface area contributed by atoms with Crippen molar-refractivity contribution < 1.29 is 9.53 Å². The number of nitrogens with zero attached hydrogens (tertiary/aromatic N) is 2. The molecule has 0 aliphatic heterocycles. The number of ether oxygens (including phenoxy) is 1. The van der Waals surface area contributed by atoms with Crippen LogP contribution in [0.15, 0.2) is 48.5 Å². The number of hydrogen-bond donors (Lipinski definition) is 2. The van der Waals surface area contributed by atoms with Crippen LogP contribution in [-0.4, -0.2) is 28.1 Å². The zero-order chi connectivity index (χ0) is 20.1. The predicted molar refractivity (Wildman–Crippen MR) is 111 cm³/mol. The Balaban J connectivity index is 1.66. The second kappa shape index (κ2) is 8.75. The van der Waals surface area contributed by atoms with Crippen LogP contribution in [0.5, 0.6) is 0 Å². The number of nitrogens with one attached hydrogen (secondary N) is 1. The van der Waals surface area contributed by atoms with Gasteiger partial charge in [-0.05, 0) is 25.0 Å². The molecule has 7 heteroatoms. The van der Waals surface area contributed by atoms with E-state index in [1.807, 2.05) is 62.4 Å². The second-order valence-corrected chi connectivity index (χ2v) is 7.67. The van der Waals surface area contributed by atoms with Crippen molar-refractivity contribution >= 4 is 23.1 Å². The number of rotatable bonds is 7. The third kappa shape index (κ3) is 5.01. The fraction of sp³-hybridized carbons (Fsp3) is 0.238. The molecule has 0 unspecified atom stereocenters. The van der Waals surface area contributed by atoms with Gasteiger partial charge in [0.15, 0.2) is 0 Å². The van der Waals surface area contributed by atoms with E-state index in [-0.39, 0.29) is 17.9 Å². The normalized spacial score (nSPS) is 10.8. The van der Waals surface area contributed by atoms with Crippen LogP contribution in [0.25, 0.3) is 21.7 Å². The molecule has 0 saturated heterocycles. The van der Waals surface area contributed by atoms with Crippen LogP contribution in [0.3, 0.4) is 0 Å². The summed E-state index contributed by atoms with van der Waals surface area (Å²) < 4.78 is 5.14. The highest BCUT2D eigenvalue weighted by atomic mass is 32.1. The number of nitrogen functional groups attached to an aromatic ring is 1. The third-order valence-corrected chi connectivity index (χ3v) is 5.07. The summed E-state index contributed by atoms with van der Waals surface area (Å²) in [4.78, 5) is 11.6. The Bertz CT molecular complexity index is 963. The van der Waals surface area contributed by atoms with Crippen LogP contribution in [0, 0.1) is 5.41 Å². The van der Waals surface area contributed by atoms with E-state index in [4.69, 9.17) is 15.9 Å². The summed E-state index contributed by atoms with van der Waals surface area (Å²) in [5.41, 5.74) is 9.31. The largest absolute Gasteiger partial charge is 0.463 e. The molecule has 6 nitrogen and oxygen atoms in total. The van der Waals surface area contributed by atoms with Crippen molar-refractivity contribution in [2.75, 3.05) is 0 Å². The molecule has 1 heterocycles. The van der Waals surface area contributed by atoms with E-state index in [1.54, 1.807) is 0 Å². The van der Waals surface area contributed by atoms with E-state index < -0.39 is 0 Å². The van der Waals surface area contributed by atoms with Gasteiger partial charge in [-0.25, -0.2) is 0 Å². The molecule has 0 aliphatic rings. The van der Waals surface area contributed by atoms with Crippen molar-refractivity contribution in [3.05, 3.63) is 59.1 Å². The quantitative estimate of drug-likeness (QED) is 0.358. The number of hydrogen-bond acceptors (Lipinski definition) is 6. The van der Waals surface area contributed by atoms with Crippen molar-refractivity contribution in [3.63, 3.8) is 0 Å². The average molecular weight is 395 g/mol. The van der Waals surface area contributed by atoms with Gasteiger partial charge in [-0.2, -0.15) is 0 Å². The fourth-order valence-corrected chi connectivity index (χ4v) is 3.49. The van der Waals surface area contributed by atoms with Crippen LogP contribution >= 0.6 is 11.3 Å². The van der Waals surface area contributed by atoms with Gasteiger partial charge in [0, 0.05) is 17.5 Å². The molecule has 0 bridgehead atoms. The first-order valence-electron chi connectivity index (χ1n) is 8.99. The molecule has 0 aliphatic carbocycles. The highest BCUT2D eigenvalue weighted by molar-refractivity contribution is 7.14. The number of carbonyl (C=O) groups excluding carboxylic acids is 1. The first-order valence-corrected chi connectivity index (χ1v) is 9.81. The van der Waals surface area contributed by atoms with Crippen molar-refractivity contribution in [1.82, 2.24) is 10.2 Å². The van der Waals surface area contributed by atoms with Gasteiger partial charge in [-0.1, -0.05) is 59.9 Å². The van der Waals surface area contributed by atoms with Gasteiger partial charge >= 0.3 is 5.97 Å². The van der Waals surface area contributed by atoms with Gasteiger partial charge in [0.2, 0.25) is 0 Å². The molecule has 3 rings (SSSR count). The summed E-state index contributed by atoms with van der Waals surface area (Å²) in [6.07, 6.45) is 0.737. The first-order chi connectivity index (χ1) is 13.4. The van der Waals surface area contributed by atoms with E-state index in [0.29, 0.717) is 18.4 Å². The zero-order valence-electron chi connectivity index (χ0n) is 15.8. The predicted octanol–water partition coefficient (Wildman–Crippen LogP) is 4.04. The molecule has 0 spiro atoms. The molecule has 0 fully saturated rings. The van der Waals surface area contributed by atoms with Crippen molar-refractivity contribution in [2.45, 2.75) is 32.8 Å².